The molecule has 5 heteroatoms. The third-order valence-electron chi connectivity index (χ3n) is 2.66. The molecule has 106 valence electrons. The second-order valence-corrected chi connectivity index (χ2v) is 5.76. The molecule has 0 radical (unpaired) electrons. The number of benzene rings is 1. The minimum atomic E-state index is 0.101. The molecule has 0 bridgehead atoms. The van der Waals surface area contributed by atoms with E-state index in [4.69, 9.17) is 23.2 Å². The van der Waals surface area contributed by atoms with Crippen molar-refractivity contribution in [3.63, 3.8) is 0 Å². The number of nitrogens with one attached hydrogen (secondary N) is 1. The number of amides is 1. The van der Waals surface area contributed by atoms with E-state index in [9.17, 15) is 4.79 Å². The van der Waals surface area contributed by atoms with E-state index in [-0.39, 0.29) is 5.91 Å². The Morgan fingerprint density at radius 2 is 1.84 bits per heavy atom. The normalized spacial score (nSPS) is 10.8. The molecule has 1 aromatic carbocycles. The Labute approximate surface area is 124 Å². The molecule has 0 aliphatic heterocycles. The Morgan fingerprint density at radius 3 is 2.37 bits per heavy atom. The summed E-state index contributed by atoms with van der Waals surface area (Å²) in [5, 5.41) is 4.40. The van der Waals surface area contributed by atoms with Crippen molar-refractivity contribution in [2.75, 3.05) is 13.6 Å². The summed E-state index contributed by atoms with van der Waals surface area (Å²) < 4.78 is 0. The molecule has 0 spiro atoms. The first-order chi connectivity index (χ1) is 8.88. The van der Waals surface area contributed by atoms with Crippen molar-refractivity contribution in [1.29, 1.82) is 0 Å². The highest BCUT2D eigenvalue weighted by molar-refractivity contribution is 6.34. The van der Waals surface area contributed by atoms with Gasteiger partial charge in [-0.15, -0.1) is 0 Å². The molecular formula is C14H20Cl2N2O. The fraction of sp³-hybridized carbons (Fsp3) is 0.500. The fourth-order valence-electron chi connectivity index (χ4n) is 1.72. The highest BCUT2D eigenvalue weighted by Crippen LogP contribution is 2.20. The van der Waals surface area contributed by atoms with Gasteiger partial charge < -0.3 is 10.2 Å². The van der Waals surface area contributed by atoms with Crippen molar-refractivity contribution in [1.82, 2.24) is 10.2 Å². The Bertz CT molecular complexity index is 415. The van der Waals surface area contributed by atoms with Crippen molar-refractivity contribution in [2.24, 2.45) is 0 Å². The number of rotatable bonds is 6. The van der Waals surface area contributed by atoms with Crippen LogP contribution in [0.1, 0.15) is 25.8 Å². The molecule has 0 heterocycles. The largest absolute Gasteiger partial charge is 0.341 e. The van der Waals surface area contributed by atoms with E-state index in [1.54, 1.807) is 18.0 Å². The molecule has 0 aliphatic rings. The monoisotopic (exact) mass is 302 g/mol. The highest BCUT2D eigenvalue weighted by atomic mass is 35.5. The summed E-state index contributed by atoms with van der Waals surface area (Å²) >= 11 is 11.9. The fourth-order valence-corrected chi connectivity index (χ4v) is 2.29. The minimum absolute atomic E-state index is 0.101. The number of carbonyl (C=O) groups is 1. The average molecular weight is 303 g/mol. The number of nitrogens with zero attached hydrogens (tertiary/aromatic N) is 1. The molecule has 1 amide bonds. The van der Waals surface area contributed by atoms with Gasteiger partial charge in [-0.1, -0.05) is 37.0 Å². The highest BCUT2D eigenvalue weighted by Gasteiger charge is 2.10. The van der Waals surface area contributed by atoms with E-state index in [1.807, 2.05) is 12.1 Å². The summed E-state index contributed by atoms with van der Waals surface area (Å²) in [5.41, 5.74) is 0.935. The molecular weight excluding hydrogens is 283 g/mol. The SMILES string of the molecule is CC(C)NCCC(=O)N(C)Cc1cc(Cl)cc(Cl)c1. The second kappa shape index (κ2) is 7.73. The van der Waals surface area contributed by atoms with E-state index in [2.05, 4.69) is 19.2 Å². The van der Waals surface area contributed by atoms with Gasteiger partial charge in [0.25, 0.3) is 0 Å². The Balaban J connectivity index is 2.49. The van der Waals surface area contributed by atoms with Crippen LogP contribution < -0.4 is 5.32 Å². The molecule has 0 aromatic heterocycles. The average Bonchev–Trinajstić information content (AvgIpc) is 2.26. The molecule has 0 saturated heterocycles. The van der Waals surface area contributed by atoms with Gasteiger partial charge in [-0.3, -0.25) is 4.79 Å². The number of hydrogen-bond acceptors (Lipinski definition) is 2. The zero-order valence-corrected chi connectivity index (χ0v) is 13.1. The Morgan fingerprint density at radius 1 is 1.26 bits per heavy atom. The minimum Gasteiger partial charge on any atom is -0.341 e. The van der Waals surface area contributed by atoms with Crippen LogP contribution in [0.15, 0.2) is 18.2 Å². The summed E-state index contributed by atoms with van der Waals surface area (Å²) in [6.45, 7) is 5.32. The lowest BCUT2D eigenvalue weighted by molar-refractivity contribution is -0.130. The lowest BCUT2D eigenvalue weighted by Gasteiger charge is -2.18. The maximum Gasteiger partial charge on any atom is 0.223 e. The number of carbonyl (C=O) groups excluding carboxylic acids is 1. The van der Waals surface area contributed by atoms with Crippen LogP contribution in [0.25, 0.3) is 0 Å². The van der Waals surface area contributed by atoms with Gasteiger partial charge in [-0.25, -0.2) is 0 Å². The summed E-state index contributed by atoms with van der Waals surface area (Å²) in [6, 6.07) is 5.72. The molecule has 0 atom stereocenters. The van der Waals surface area contributed by atoms with Gasteiger partial charge in [0.15, 0.2) is 0 Å². The molecule has 0 aliphatic carbocycles. The molecule has 19 heavy (non-hydrogen) atoms. The number of halogens is 2. The van der Waals surface area contributed by atoms with Crippen LogP contribution in [0.5, 0.6) is 0 Å². The first kappa shape index (κ1) is 16.3. The standard InChI is InChI=1S/C14H20Cl2N2O/c1-10(2)17-5-4-14(19)18(3)9-11-6-12(15)8-13(16)7-11/h6-8,10,17H,4-5,9H2,1-3H3. The van der Waals surface area contributed by atoms with Crippen molar-refractivity contribution in [3.8, 4) is 0 Å². The smallest absolute Gasteiger partial charge is 0.223 e. The molecule has 0 unspecified atom stereocenters. The van der Waals surface area contributed by atoms with Gasteiger partial charge in [0.2, 0.25) is 5.91 Å². The van der Waals surface area contributed by atoms with Crippen molar-refractivity contribution < 1.29 is 4.79 Å². The van der Waals surface area contributed by atoms with Gasteiger partial charge >= 0.3 is 0 Å². The van der Waals surface area contributed by atoms with Crippen molar-refractivity contribution >= 4 is 29.1 Å². The van der Waals surface area contributed by atoms with E-state index < -0.39 is 0 Å². The summed E-state index contributed by atoms with van der Waals surface area (Å²) in [5.74, 6) is 0.101. The first-order valence-corrected chi connectivity index (χ1v) is 7.06. The Hall–Kier alpha value is -0.770. The van der Waals surface area contributed by atoms with Crippen LogP contribution in [0.3, 0.4) is 0 Å². The van der Waals surface area contributed by atoms with Crippen LogP contribution in [-0.4, -0.2) is 30.4 Å². The van der Waals surface area contributed by atoms with Crippen molar-refractivity contribution in [3.05, 3.63) is 33.8 Å². The van der Waals surface area contributed by atoms with Gasteiger partial charge in [-0.2, -0.15) is 0 Å². The predicted octanol–water partition coefficient (Wildman–Crippen LogP) is 3.34. The van der Waals surface area contributed by atoms with E-state index in [0.717, 1.165) is 5.56 Å². The maximum absolute atomic E-state index is 11.9. The third kappa shape index (κ3) is 6.28. The zero-order chi connectivity index (χ0) is 14.4. The topological polar surface area (TPSA) is 32.3 Å². The number of hydrogen-bond donors (Lipinski definition) is 1. The summed E-state index contributed by atoms with van der Waals surface area (Å²) in [7, 11) is 1.78. The van der Waals surface area contributed by atoms with Crippen LogP contribution >= 0.6 is 23.2 Å². The van der Waals surface area contributed by atoms with E-state index in [0.29, 0.717) is 35.6 Å². The summed E-state index contributed by atoms with van der Waals surface area (Å²) in [6.07, 6.45) is 0.489. The van der Waals surface area contributed by atoms with Crippen LogP contribution in [0, 0.1) is 0 Å². The predicted molar refractivity (Wildman–Crippen MR) is 80.7 cm³/mol. The van der Waals surface area contributed by atoms with E-state index >= 15 is 0 Å². The van der Waals surface area contributed by atoms with Crippen molar-refractivity contribution in [2.45, 2.75) is 32.9 Å². The summed E-state index contributed by atoms with van der Waals surface area (Å²) in [4.78, 5) is 13.6. The lowest BCUT2D eigenvalue weighted by Crippen LogP contribution is -2.31. The van der Waals surface area contributed by atoms with Crippen LogP contribution in [0.2, 0.25) is 10.0 Å². The molecule has 1 N–H and O–H groups in total. The lowest BCUT2D eigenvalue weighted by atomic mass is 10.2. The Kier molecular flexibility index (Phi) is 6.63. The van der Waals surface area contributed by atoms with Gasteiger partial charge in [0.05, 0.1) is 0 Å². The second-order valence-electron chi connectivity index (χ2n) is 4.89. The molecule has 1 aromatic rings. The zero-order valence-electron chi connectivity index (χ0n) is 11.5. The van der Waals surface area contributed by atoms with Gasteiger partial charge in [0.1, 0.15) is 0 Å². The van der Waals surface area contributed by atoms with Gasteiger partial charge in [0, 0.05) is 42.6 Å². The molecule has 0 saturated carbocycles. The molecule has 0 fully saturated rings. The molecule has 1 rings (SSSR count). The van der Waals surface area contributed by atoms with E-state index in [1.165, 1.54) is 0 Å². The van der Waals surface area contributed by atoms with Gasteiger partial charge in [-0.05, 0) is 23.8 Å². The maximum atomic E-state index is 11.9. The van der Waals surface area contributed by atoms with Crippen LogP contribution in [0.4, 0.5) is 0 Å². The molecule has 3 nitrogen and oxygen atoms in total. The first-order valence-electron chi connectivity index (χ1n) is 6.31. The third-order valence-corrected chi connectivity index (χ3v) is 3.10. The quantitative estimate of drug-likeness (QED) is 0.874. The van der Waals surface area contributed by atoms with Crippen LogP contribution in [-0.2, 0) is 11.3 Å².